The number of unbranched alkanes of at least 4 members (excludes halogenated alkanes) is 14. The highest BCUT2D eigenvalue weighted by Crippen LogP contribution is 2.15. The smallest absolute Gasteiger partial charge is 0.328 e. The molecule has 0 aromatic rings. The van der Waals surface area contributed by atoms with Crippen LogP contribution in [0.5, 0.6) is 0 Å². The highest BCUT2D eigenvalue weighted by Gasteiger charge is 2.18. The lowest BCUT2D eigenvalue weighted by molar-refractivity contribution is -0.147. The van der Waals surface area contributed by atoms with E-state index in [9.17, 15) is 19.2 Å². The van der Waals surface area contributed by atoms with E-state index < -0.39 is 24.5 Å². The number of aliphatic carboxylic acids is 1. The number of ether oxygens (including phenoxy) is 1. The molecule has 0 aliphatic rings. The molecule has 318 valence electrons. The third kappa shape index (κ3) is 37.2. The van der Waals surface area contributed by atoms with Gasteiger partial charge in [-0.15, -0.1) is 0 Å². The van der Waals surface area contributed by atoms with Gasteiger partial charge in [0, 0.05) is 12.8 Å². The zero-order valence-electron chi connectivity index (χ0n) is 35.1. The zero-order chi connectivity index (χ0) is 41.2. The molecule has 0 heterocycles. The van der Waals surface area contributed by atoms with E-state index in [0.29, 0.717) is 12.8 Å². The Morgan fingerprint density at radius 1 is 0.571 bits per heavy atom. The van der Waals surface area contributed by atoms with Crippen LogP contribution in [0.1, 0.15) is 174 Å². The highest BCUT2D eigenvalue weighted by atomic mass is 16.5. The van der Waals surface area contributed by atoms with Crippen LogP contribution in [0.2, 0.25) is 0 Å². The van der Waals surface area contributed by atoms with Crippen molar-refractivity contribution in [3.8, 4) is 0 Å². The molecule has 2 atom stereocenters. The number of carboxylic acids is 1. The standard InChI is InChI=1S/C47H78N2O7/c1-3-5-7-9-11-13-14-15-16-17-18-19-20-21-22-23-24-25-27-29-35-39-46(53)56-42(36-32-28-26-12-10-8-6-4-2)37-33-30-31-34-38-44(51)48-40-45(52)49-43(41-50)47(54)55/h5,7,11,13,15-16,18-19,21-22,32,36,42-43,50H,3-4,6,8-10,12,14,17,20,23-31,33-35,37-41H2,1-2H3,(H,48,51)(H,49,52)(H,54,55)/b7-5-,13-11-,16-15-,19-18-,22-21-,36-32-. The Balaban J connectivity index is 4.27. The van der Waals surface area contributed by atoms with Gasteiger partial charge in [-0.25, -0.2) is 4.79 Å². The second-order valence-electron chi connectivity index (χ2n) is 14.4. The Labute approximate surface area is 340 Å². The summed E-state index contributed by atoms with van der Waals surface area (Å²) in [5.41, 5.74) is 0. The summed E-state index contributed by atoms with van der Waals surface area (Å²) < 4.78 is 5.90. The number of carbonyl (C=O) groups is 4. The van der Waals surface area contributed by atoms with Crippen LogP contribution in [0.25, 0.3) is 0 Å². The molecular formula is C47H78N2O7. The summed E-state index contributed by atoms with van der Waals surface area (Å²) in [6.07, 6.45) is 50.9. The molecule has 0 aliphatic heterocycles. The number of hydrogen-bond donors (Lipinski definition) is 4. The van der Waals surface area contributed by atoms with Crippen molar-refractivity contribution in [1.82, 2.24) is 10.6 Å². The monoisotopic (exact) mass is 783 g/mol. The average Bonchev–Trinajstić information content (AvgIpc) is 3.18. The van der Waals surface area contributed by atoms with Crippen molar-refractivity contribution in [3.05, 3.63) is 72.9 Å². The molecule has 0 aromatic carbocycles. The molecule has 0 aromatic heterocycles. The lowest BCUT2D eigenvalue weighted by atomic mass is 10.1. The van der Waals surface area contributed by atoms with Crippen LogP contribution in [0.4, 0.5) is 0 Å². The van der Waals surface area contributed by atoms with Gasteiger partial charge in [0.1, 0.15) is 12.1 Å². The Hall–Kier alpha value is -3.72. The van der Waals surface area contributed by atoms with Crippen LogP contribution in [0.15, 0.2) is 72.9 Å². The zero-order valence-corrected chi connectivity index (χ0v) is 35.1. The summed E-state index contributed by atoms with van der Waals surface area (Å²) in [6.45, 7) is 3.31. The van der Waals surface area contributed by atoms with Crippen molar-refractivity contribution in [1.29, 1.82) is 0 Å². The lowest BCUT2D eigenvalue weighted by Crippen LogP contribution is -2.47. The van der Waals surface area contributed by atoms with E-state index in [1.165, 1.54) is 44.9 Å². The number of hydrogen-bond acceptors (Lipinski definition) is 6. The number of allylic oxidation sites excluding steroid dienone is 11. The van der Waals surface area contributed by atoms with Gasteiger partial charge in [-0.05, 0) is 89.5 Å². The van der Waals surface area contributed by atoms with Crippen LogP contribution >= 0.6 is 0 Å². The summed E-state index contributed by atoms with van der Waals surface area (Å²) in [5, 5.41) is 22.5. The largest absolute Gasteiger partial charge is 0.480 e. The van der Waals surface area contributed by atoms with Gasteiger partial charge in [0.25, 0.3) is 0 Å². The number of nitrogens with one attached hydrogen (secondary N) is 2. The Morgan fingerprint density at radius 2 is 1.07 bits per heavy atom. The number of carboxylic acid groups (broad SMARTS) is 1. The van der Waals surface area contributed by atoms with E-state index in [4.69, 9.17) is 14.9 Å². The first-order valence-corrected chi connectivity index (χ1v) is 21.8. The molecule has 0 saturated carbocycles. The Bertz CT molecular complexity index is 1170. The van der Waals surface area contributed by atoms with Crippen molar-refractivity contribution < 1.29 is 34.1 Å². The van der Waals surface area contributed by atoms with Crippen molar-refractivity contribution in [2.75, 3.05) is 13.2 Å². The molecule has 0 bridgehead atoms. The molecule has 4 N–H and O–H groups in total. The van der Waals surface area contributed by atoms with Crippen LogP contribution < -0.4 is 10.6 Å². The van der Waals surface area contributed by atoms with Crippen molar-refractivity contribution in [2.24, 2.45) is 0 Å². The molecule has 0 aliphatic carbocycles. The predicted octanol–water partition coefficient (Wildman–Crippen LogP) is 10.7. The van der Waals surface area contributed by atoms with Gasteiger partial charge in [-0.1, -0.05) is 145 Å². The SMILES string of the molecule is CC/C=C\C/C=C\C/C=C\C/C=C\C/C=C\CCCCCCCC(=O)OC(/C=C\CCCCCCCC)CCCCCCC(=O)NCC(=O)NC(CO)C(=O)O. The van der Waals surface area contributed by atoms with E-state index in [1.807, 2.05) is 0 Å². The molecular weight excluding hydrogens is 705 g/mol. The normalized spacial score (nSPS) is 13.2. The molecule has 0 fully saturated rings. The van der Waals surface area contributed by atoms with Gasteiger partial charge < -0.3 is 25.6 Å². The summed E-state index contributed by atoms with van der Waals surface area (Å²) in [6, 6.07) is -1.39. The van der Waals surface area contributed by atoms with Gasteiger partial charge >= 0.3 is 11.9 Å². The number of amides is 2. The second-order valence-corrected chi connectivity index (χ2v) is 14.4. The summed E-state index contributed by atoms with van der Waals surface area (Å²) in [7, 11) is 0. The molecule has 2 amide bonds. The number of rotatable bonds is 38. The average molecular weight is 783 g/mol. The highest BCUT2D eigenvalue weighted by molar-refractivity contribution is 5.87. The number of aliphatic hydroxyl groups excluding tert-OH is 1. The number of esters is 1. The fourth-order valence-corrected chi connectivity index (χ4v) is 5.83. The summed E-state index contributed by atoms with van der Waals surface area (Å²) in [5.74, 6) is -2.43. The van der Waals surface area contributed by atoms with E-state index in [-0.39, 0.29) is 30.9 Å². The van der Waals surface area contributed by atoms with Crippen LogP contribution in [-0.2, 0) is 23.9 Å². The first kappa shape index (κ1) is 52.3. The van der Waals surface area contributed by atoms with Gasteiger partial charge in [0.05, 0.1) is 13.2 Å². The second kappa shape index (κ2) is 40.9. The van der Waals surface area contributed by atoms with Gasteiger partial charge in [-0.2, -0.15) is 0 Å². The first-order chi connectivity index (χ1) is 27.3. The molecule has 0 saturated heterocycles. The molecule has 2 unspecified atom stereocenters. The minimum Gasteiger partial charge on any atom is -0.480 e. The summed E-state index contributed by atoms with van der Waals surface area (Å²) >= 11 is 0. The third-order valence-electron chi connectivity index (χ3n) is 9.17. The maximum absolute atomic E-state index is 12.7. The minimum absolute atomic E-state index is 0.132. The van der Waals surface area contributed by atoms with Crippen LogP contribution in [0.3, 0.4) is 0 Å². The predicted molar refractivity (Wildman–Crippen MR) is 231 cm³/mol. The van der Waals surface area contributed by atoms with Crippen LogP contribution in [0, 0.1) is 0 Å². The molecule has 0 radical (unpaired) electrons. The topological polar surface area (TPSA) is 142 Å². The van der Waals surface area contributed by atoms with Crippen LogP contribution in [-0.4, -0.2) is 59.3 Å². The fourth-order valence-electron chi connectivity index (χ4n) is 5.83. The Kier molecular flexibility index (Phi) is 38.2. The van der Waals surface area contributed by atoms with Gasteiger partial charge in [0.2, 0.25) is 11.8 Å². The van der Waals surface area contributed by atoms with Gasteiger partial charge in [-0.3, -0.25) is 14.4 Å². The van der Waals surface area contributed by atoms with Crippen molar-refractivity contribution >= 4 is 23.8 Å². The molecule has 0 spiro atoms. The van der Waals surface area contributed by atoms with Crippen molar-refractivity contribution in [3.63, 3.8) is 0 Å². The lowest BCUT2D eigenvalue weighted by Gasteiger charge is -2.15. The van der Waals surface area contributed by atoms with E-state index >= 15 is 0 Å². The van der Waals surface area contributed by atoms with Crippen molar-refractivity contribution in [2.45, 2.75) is 187 Å². The summed E-state index contributed by atoms with van der Waals surface area (Å²) in [4.78, 5) is 47.5. The maximum Gasteiger partial charge on any atom is 0.328 e. The quantitative estimate of drug-likeness (QED) is 0.0277. The molecule has 9 nitrogen and oxygen atoms in total. The molecule has 9 heteroatoms. The fraction of sp³-hybridized carbons (Fsp3) is 0.660. The Morgan fingerprint density at radius 3 is 1.64 bits per heavy atom. The third-order valence-corrected chi connectivity index (χ3v) is 9.17. The number of carbonyl (C=O) groups excluding carboxylic acids is 3. The maximum atomic E-state index is 12.7. The van der Waals surface area contributed by atoms with E-state index in [0.717, 1.165) is 96.3 Å². The molecule has 56 heavy (non-hydrogen) atoms. The van der Waals surface area contributed by atoms with E-state index in [1.54, 1.807) is 0 Å². The first-order valence-electron chi connectivity index (χ1n) is 21.8. The molecule has 0 rings (SSSR count). The van der Waals surface area contributed by atoms with Gasteiger partial charge in [0.15, 0.2) is 0 Å². The minimum atomic E-state index is -1.39. The number of aliphatic hydroxyl groups is 1. The van der Waals surface area contributed by atoms with E-state index in [2.05, 4.69) is 97.4 Å².